The highest BCUT2D eigenvalue weighted by Crippen LogP contribution is 2.17. The first-order valence-electron chi connectivity index (χ1n) is 8.62. The highest BCUT2D eigenvalue weighted by Gasteiger charge is 2.05. The van der Waals surface area contributed by atoms with Crippen LogP contribution in [0.15, 0.2) is 34.6 Å². The zero-order valence-corrected chi connectivity index (χ0v) is 16.7. The summed E-state index contributed by atoms with van der Waals surface area (Å²) in [6.07, 6.45) is 0. The second-order valence-corrected chi connectivity index (χ2v) is 6.80. The number of guanidine groups is 1. The molecule has 0 aliphatic heterocycles. The van der Waals surface area contributed by atoms with Gasteiger partial charge in [0.2, 0.25) is 0 Å². The van der Waals surface area contributed by atoms with E-state index in [1.54, 1.807) is 17.4 Å². The molecule has 146 valence electrons. The largest absolute Gasteiger partial charge is 0.484 e. The van der Waals surface area contributed by atoms with E-state index in [9.17, 15) is 4.79 Å². The second kappa shape index (κ2) is 10.4. The lowest BCUT2D eigenvalue weighted by Gasteiger charge is -2.11. The summed E-state index contributed by atoms with van der Waals surface area (Å²) < 4.78 is 5.32. The number of carbonyl (C=O) groups excluding carboxylic acids is 1. The summed E-state index contributed by atoms with van der Waals surface area (Å²) in [6.45, 7) is 3.70. The van der Waals surface area contributed by atoms with Crippen LogP contribution >= 0.6 is 11.3 Å². The first-order chi connectivity index (χ1) is 13.0. The lowest BCUT2D eigenvalue weighted by atomic mass is 10.2. The lowest BCUT2D eigenvalue weighted by molar-refractivity contribution is -0.119. The molecule has 1 amide bonds. The SMILES string of the molecule is CCNC(=NCc1cccc(OCC(N)=O)c1)NCc1csc(N(C)C)n1. The monoisotopic (exact) mass is 390 g/mol. The van der Waals surface area contributed by atoms with Gasteiger partial charge in [-0.05, 0) is 24.6 Å². The number of ether oxygens (including phenoxy) is 1. The molecule has 0 fully saturated rings. The molecule has 2 aromatic rings. The van der Waals surface area contributed by atoms with Crippen LogP contribution in [0, 0.1) is 0 Å². The number of thiazole rings is 1. The predicted octanol–water partition coefficient (Wildman–Crippen LogP) is 1.33. The van der Waals surface area contributed by atoms with Crippen molar-refractivity contribution in [3.8, 4) is 5.75 Å². The zero-order valence-electron chi connectivity index (χ0n) is 15.9. The van der Waals surface area contributed by atoms with Crippen LogP contribution in [-0.2, 0) is 17.9 Å². The summed E-state index contributed by atoms with van der Waals surface area (Å²) in [5, 5.41) is 9.51. The van der Waals surface area contributed by atoms with Gasteiger partial charge in [-0.15, -0.1) is 11.3 Å². The van der Waals surface area contributed by atoms with Gasteiger partial charge in [-0.2, -0.15) is 0 Å². The molecule has 0 bridgehead atoms. The number of amides is 1. The molecule has 4 N–H and O–H groups in total. The standard InChI is InChI=1S/C18H26N6O2S/c1-4-20-17(22-10-14-12-27-18(23-14)24(2)3)21-9-13-6-5-7-15(8-13)26-11-16(19)25/h5-8,12H,4,9-11H2,1-3H3,(H2,19,25)(H2,20,21,22). The molecule has 0 aliphatic rings. The van der Waals surface area contributed by atoms with Gasteiger partial charge in [0.1, 0.15) is 5.75 Å². The van der Waals surface area contributed by atoms with Crippen molar-refractivity contribution < 1.29 is 9.53 Å². The van der Waals surface area contributed by atoms with Crippen molar-refractivity contribution >= 4 is 28.3 Å². The molecule has 8 nitrogen and oxygen atoms in total. The smallest absolute Gasteiger partial charge is 0.255 e. The average Bonchev–Trinajstić information content (AvgIpc) is 3.12. The van der Waals surface area contributed by atoms with E-state index >= 15 is 0 Å². The molecule has 1 aromatic carbocycles. The number of aromatic nitrogens is 1. The number of nitrogens with two attached hydrogens (primary N) is 1. The Morgan fingerprint density at radius 1 is 1.37 bits per heavy atom. The van der Waals surface area contributed by atoms with Crippen LogP contribution in [-0.4, -0.2) is 44.1 Å². The minimum absolute atomic E-state index is 0.139. The van der Waals surface area contributed by atoms with Gasteiger partial charge in [0, 0.05) is 26.0 Å². The Hall–Kier alpha value is -2.81. The molecular weight excluding hydrogens is 364 g/mol. The number of nitrogens with one attached hydrogen (secondary N) is 2. The predicted molar refractivity (Wildman–Crippen MR) is 109 cm³/mol. The van der Waals surface area contributed by atoms with Crippen LogP contribution in [0.5, 0.6) is 5.75 Å². The molecular formula is C18H26N6O2S. The molecule has 0 atom stereocenters. The van der Waals surface area contributed by atoms with Gasteiger partial charge in [-0.3, -0.25) is 4.79 Å². The summed E-state index contributed by atoms with van der Waals surface area (Å²) in [5.41, 5.74) is 7.04. The Morgan fingerprint density at radius 3 is 2.85 bits per heavy atom. The number of anilines is 1. The Morgan fingerprint density at radius 2 is 2.19 bits per heavy atom. The Balaban J connectivity index is 1.95. The van der Waals surface area contributed by atoms with Crippen molar-refractivity contribution in [1.29, 1.82) is 0 Å². The van der Waals surface area contributed by atoms with Crippen molar-refractivity contribution in [2.24, 2.45) is 10.7 Å². The molecule has 0 aliphatic carbocycles. The van der Waals surface area contributed by atoms with Crippen LogP contribution < -0.4 is 26.0 Å². The van der Waals surface area contributed by atoms with Crippen molar-refractivity contribution in [2.75, 3.05) is 32.1 Å². The van der Waals surface area contributed by atoms with E-state index in [0.717, 1.165) is 22.9 Å². The number of aliphatic imine (C=N–C) groups is 1. The van der Waals surface area contributed by atoms with Crippen molar-refractivity contribution in [2.45, 2.75) is 20.0 Å². The zero-order chi connectivity index (χ0) is 19.6. The van der Waals surface area contributed by atoms with Crippen molar-refractivity contribution in [3.05, 3.63) is 40.9 Å². The van der Waals surface area contributed by atoms with E-state index in [4.69, 9.17) is 10.5 Å². The van der Waals surface area contributed by atoms with Gasteiger partial charge in [0.05, 0.1) is 18.8 Å². The van der Waals surface area contributed by atoms with Gasteiger partial charge in [-0.25, -0.2) is 9.98 Å². The number of hydrogen-bond donors (Lipinski definition) is 3. The first kappa shape index (κ1) is 20.5. The third-order valence-corrected chi connectivity index (χ3v) is 4.46. The van der Waals surface area contributed by atoms with Gasteiger partial charge < -0.3 is 26.0 Å². The topological polar surface area (TPSA) is 105 Å². The number of benzene rings is 1. The van der Waals surface area contributed by atoms with Gasteiger partial charge in [0.25, 0.3) is 5.91 Å². The van der Waals surface area contributed by atoms with Crippen LogP contribution in [0.4, 0.5) is 5.13 Å². The van der Waals surface area contributed by atoms with E-state index in [-0.39, 0.29) is 6.61 Å². The maximum Gasteiger partial charge on any atom is 0.255 e. The molecule has 0 radical (unpaired) electrons. The average molecular weight is 391 g/mol. The highest BCUT2D eigenvalue weighted by atomic mass is 32.1. The van der Waals surface area contributed by atoms with Crippen LogP contribution in [0.1, 0.15) is 18.2 Å². The maximum atomic E-state index is 10.8. The van der Waals surface area contributed by atoms with E-state index in [0.29, 0.717) is 24.8 Å². The summed E-state index contributed by atoms with van der Waals surface area (Å²) in [6, 6.07) is 7.44. The lowest BCUT2D eigenvalue weighted by Crippen LogP contribution is -2.36. The quantitative estimate of drug-likeness (QED) is 0.441. The number of carbonyl (C=O) groups is 1. The number of primary amides is 1. The second-order valence-electron chi connectivity index (χ2n) is 5.97. The molecule has 0 saturated heterocycles. The molecule has 0 spiro atoms. The number of rotatable bonds is 9. The normalized spacial score (nSPS) is 11.1. The first-order valence-corrected chi connectivity index (χ1v) is 9.50. The minimum Gasteiger partial charge on any atom is -0.484 e. The fraction of sp³-hybridized carbons (Fsp3) is 0.389. The number of nitrogens with zero attached hydrogens (tertiary/aromatic N) is 3. The molecule has 0 unspecified atom stereocenters. The molecule has 0 saturated carbocycles. The highest BCUT2D eigenvalue weighted by molar-refractivity contribution is 7.13. The Kier molecular flexibility index (Phi) is 7.87. The summed E-state index contributed by atoms with van der Waals surface area (Å²) in [5.74, 6) is 0.801. The fourth-order valence-corrected chi connectivity index (χ4v) is 2.92. The summed E-state index contributed by atoms with van der Waals surface area (Å²) in [7, 11) is 3.95. The number of hydrogen-bond acceptors (Lipinski definition) is 6. The van der Waals surface area contributed by atoms with Crippen LogP contribution in [0.2, 0.25) is 0 Å². The molecule has 27 heavy (non-hydrogen) atoms. The maximum absolute atomic E-state index is 10.8. The minimum atomic E-state index is -0.503. The van der Waals surface area contributed by atoms with Crippen molar-refractivity contribution in [3.63, 3.8) is 0 Å². The molecule has 9 heteroatoms. The molecule has 1 heterocycles. The Labute approximate surface area is 163 Å². The van der Waals surface area contributed by atoms with E-state index in [2.05, 4.69) is 20.6 Å². The summed E-state index contributed by atoms with van der Waals surface area (Å²) >= 11 is 1.61. The van der Waals surface area contributed by atoms with E-state index < -0.39 is 5.91 Å². The van der Waals surface area contributed by atoms with Gasteiger partial charge >= 0.3 is 0 Å². The molecule has 2 rings (SSSR count). The van der Waals surface area contributed by atoms with Crippen LogP contribution in [0.25, 0.3) is 0 Å². The van der Waals surface area contributed by atoms with E-state index in [1.807, 2.05) is 49.5 Å². The summed E-state index contributed by atoms with van der Waals surface area (Å²) in [4.78, 5) is 22.0. The van der Waals surface area contributed by atoms with Crippen LogP contribution in [0.3, 0.4) is 0 Å². The third kappa shape index (κ3) is 7.14. The van der Waals surface area contributed by atoms with Gasteiger partial charge in [0.15, 0.2) is 17.7 Å². The molecule has 1 aromatic heterocycles. The van der Waals surface area contributed by atoms with Crippen molar-refractivity contribution in [1.82, 2.24) is 15.6 Å². The van der Waals surface area contributed by atoms with E-state index in [1.165, 1.54) is 0 Å². The van der Waals surface area contributed by atoms with Gasteiger partial charge in [-0.1, -0.05) is 12.1 Å². The Bertz CT molecular complexity index is 775. The third-order valence-electron chi connectivity index (χ3n) is 3.40. The fourth-order valence-electron chi connectivity index (χ4n) is 2.16.